The van der Waals surface area contributed by atoms with E-state index in [1.165, 1.54) is 0 Å². The molecule has 0 spiro atoms. The number of carboxylic acids is 1. The van der Waals surface area contributed by atoms with Gasteiger partial charge in [-0.1, -0.05) is 12.1 Å². The molecule has 2 aromatic rings. The van der Waals surface area contributed by atoms with E-state index in [1.807, 2.05) is 22.6 Å². The summed E-state index contributed by atoms with van der Waals surface area (Å²) in [5, 5.41) is 9.05. The molecule has 0 radical (unpaired) electrons. The Bertz CT molecular complexity index is 683. The summed E-state index contributed by atoms with van der Waals surface area (Å²) in [6.07, 6.45) is -4.61. The summed E-state index contributed by atoms with van der Waals surface area (Å²) in [6.45, 7) is 0. The minimum Gasteiger partial charge on any atom is -0.478 e. The maximum atomic E-state index is 12.6. The van der Waals surface area contributed by atoms with Gasteiger partial charge in [0, 0.05) is 0 Å². The number of benzene rings is 2. The van der Waals surface area contributed by atoms with E-state index >= 15 is 0 Å². The minimum atomic E-state index is -4.61. The Balaban J connectivity index is 2.45. The molecular weight excluding hydrogens is 400 g/mol. The van der Waals surface area contributed by atoms with Crippen molar-refractivity contribution in [3.8, 4) is 11.5 Å². The molecule has 0 bridgehead atoms. The van der Waals surface area contributed by atoms with Gasteiger partial charge in [-0.15, -0.1) is 0 Å². The maximum Gasteiger partial charge on any atom is 0.416 e. The Hall–Kier alpha value is -1.77. The molecule has 0 aliphatic heterocycles. The van der Waals surface area contributed by atoms with Crippen molar-refractivity contribution < 1.29 is 27.8 Å². The summed E-state index contributed by atoms with van der Waals surface area (Å²) >= 11 is 1.98. The average molecular weight is 408 g/mol. The van der Waals surface area contributed by atoms with Crippen LogP contribution in [0.2, 0.25) is 0 Å². The van der Waals surface area contributed by atoms with Crippen LogP contribution in [-0.4, -0.2) is 11.1 Å². The van der Waals surface area contributed by atoms with E-state index < -0.39 is 23.3 Å². The zero-order valence-electron chi connectivity index (χ0n) is 10.3. The van der Waals surface area contributed by atoms with Crippen molar-refractivity contribution in [1.29, 1.82) is 0 Å². The van der Waals surface area contributed by atoms with Gasteiger partial charge in [-0.3, -0.25) is 0 Å². The molecule has 2 rings (SSSR count). The fourth-order valence-electron chi connectivity index (χ4n) is 1.61. The highest BCUT2D eigenvalue weighted by Gasteiger charge is 2.32. The van der Waals surface area contributed by atoms with Crippen LogP contribution in [0.4, 0.5) is 13.2 Å². The minimum absolute atomic E-state index is 0.139. The van der Waals surface area contributed by atoms with Crippen LogP contribution in [0.1, 0.15) is 15.9 Å². The molecule has 0 unspecified atom stereocenters. The predicted molar refractivity (Wildman–Crippen MR) is 77.6 cm³/mol. The van der Waals surface area contributed by atoms with Crippen molar-refractivity contribution in [3.63, 3.8) is 0 Å². The third kappa shape index (κ3) is 3.66. The van der Waals surface area contributed by atoms with Gasteiger partial charge in [-0.25, -0.2) is 4.79 Å². The lowest BCUT2D eigenvalue weighted by Gasteiger charge is -2.13. The molecule has 1 N–H and O–H groups in total. The number of rotatable bonds is 3. The highest BCUT2D eigenvalue weighted by atomic mass is 127. The number of carboxylic acid groups (broad SMARTS) is 1. The number of carbonyl (C=O) groups is 1. The van der Waals surface area contributed by atoms with Crippen molar-refractivity contribution in [3.05, 3.63) is 57.2 Å². The van der Waals surface area contributed by atoms with Crippen molar-refractivity contribution in [2.24, 2.45) is 0 Å². The molecule has 0 atom stereocenters. The molecule has 3 nitrogen and oxygen atoms in total. The molecule has 110 valence electrons. The summed E-state index contributed by atoms with van der Waals surface area (Å²) in [4.78, 5) is 11.1. The summed E-state index contributed by atoms with van der Waals surface area (Å²) in [5.74, 6) is -1.25. The number of para-hydroxylation sites is 1. The van der Waals surface area contributed by atoms with Crippen LogP contribution in [0.3, 0.4) is 0 Å². The van der Waals surface area contributed by atoms with Gasteiger partial charge < -0.3 is 9.84 Å². The molecule has 0 aliphatic carbocycles. The van der Waals surface area contributed by atoms with Gasteiger partial charge in [-0.05, 0) is 52.9 Å². The monoisotopic (exact) mass is 408 g/mol. The second-order valence-electron chi connectivity index (χ2n) is 4.05. The van der Waals surface area contributed by atoms with Gasteiger partial charge in [0.1, 0.15) is 17.1 Å². The van der Waals surface area contributed by atoms with Crippen LogP contribution in [0.5, 0.6) is 11.5 Å². The molecule has 0 heterocycles. The summed E-state index contributed by atoms with van der Waals surface area (Å²) in [6, 6.07) is 9.15. The first-order chi connectivity index (χ1) is 9.79. The summed E-state index contributed by atoms with van der Waals surface area (Å²) in [7, 11) is 0. The lowest BCUT2D eigenvalue weighted by Crippen LogP contribution is -2.08. The van der Waals surface area contributed by atoms with Gasteiger partial charge in [0.05, 0.1) is 9.13 Å². The van der Waals surface area contributed by atoms with Gasteiger partial charge in [0.2, 0.25) is 0 Å². The van der Waals surface area contributed by atoms with Crippen molar-refractivity contribution >= 4 is 28.6 Å². The zero-order chi connectivity index (χ0) is 15.6. The molecule has 0 saturated heterocycles. The summed E-state index contributed by atoms with van der Waals surface area (Å²) < 4.78 is 44.0. The molecule has 0 saturated carbocycles. The van der Waals surface area contributed by atoms with Gasteiger partial charge in [-0.2, -0.15) is 13.2 Å². The van der Waals surface area contributed by atoms with E-state index in [0.717, 1.165) is 12.1 Å². The van der Waals surface area contributed by atoms with Gasteiger partial charge >= 0.3 is 12.1 Å². The van der Waals surface area contributed by atoms with Crippen LogP contribution in [0.15, 0.2) is 42.5 Å². The predicted octanol–water partition coefficient (Wildman–Crippen LogP) is 4.80. The third-order valence-corrected chi connectivity index (χ3v) is 3.49. The average Bonchev–Trinajstić information content (AvgIpc) is 2.40. The van der Waals surface area contributed by atoms with E-state index in [4.69, 9.17) is 9.84 Å². The third-order valence-electron chi connectivity index (χ3n) is 2.59. The van der Waals surface area contributed by atoms with E-state index in [2.05, 4.69) is 0 Å². The number of hydrogen-bond donors (Lipinski definition) is 1. The van der Waals surface area contributed by atoms with Crippen LogP contribution < -0.4 is 4.74 Å². The Morgan fingerprint density at radius 2 is 1.76 bits per heavy atom. The second-order valence-corrected chi connectivity index (χ2v) is 5.21. The molecular formula is C14H8F3IO3. The molecule has 21 heavy (non-hydrogen) atoms. The highest BCUT2D eigenvalue weighted by Crippen LogP contribution is 2.35. The Kier molecular flexibility index (Phi) is 4.40. The van der Waals surface area contributed by atoms with Crippen LogP contribution in [0.25, 0.3) is 0 Å². The largest absolute Gasteiger partial charge is 0.478 e. The Labute approximate surface area is 131 Å². The van der Waals surface area contributed by atoms with Crippen LogP contribution >= 0.6 is 22.6 Å². The quantitative estimate of drug-likeness (QED) is 0.743. The molecule has 0 fully saturated rings. The number of halogens is 4. The fourth-order valence-corrected chi connectivity index (χ4v) is 2.11. The Morgan fingerprint density at radius 1 is 1.10 bits per heavy atom. The second kappa shape index (κ2) is 5.92. The first-order valence-electron chi connectivity index (χ1n) is 5.66. The van der Waals surface area contributed by atoms with Gasteiger partial charge in [0.15, 0.2) is 0 Å². The molecule has 0 aromatic heterocycles. The lowest BCUT2D eigenvalue weighted by molar-refractivity contribution is -0.137. The number of alkyl halides is 3. The zero-order valence-corrected chi connectivity index (χ0v) is 12.5. The van der Waals surface area contributed by atoms with Gasteiger partial charge in [0.25, 0.3) is 0 Å². The number of ether oxygens (including phenoxy) is 1. The van der Waals surface area contributed by atoms with E-state index in [9.17, 15) is 18.0 Å². The lowest BCUT2D eigenvalue weighted by atomic mass is 10.1. The summed E-state index contributed by atoms with van der Waals surface area (Å²) in [5.41, 5.74) is -1.57. The van der Waals surface area contributed by atoms with Crippen molar-refractivity contribution in [1.82, 2.24) is 0 Å². The maximum absolute atomic E-state index is 12.6. The van der Waals surface area contributed by atoms with E-state index in [1.54, 1.807) is 24.3 Å². The normalized spacial score (nSPS) is 11.2. The molecule has 7 heteroatoms. The van der Waals surface area contributed by atoms with Crippen LogP contribution in [0, 0.1) is 3.57 Å². The fraction of sp³-hybridized carbons (Fsp3) is 0.0714. The first-order valence-corrected chi connectivity index (χ1v) is 6.74. The molecule has 0 aliphatic rings. The SMILES string of the molecule is O=C(O)c1cc(C(F)(F)F)ccc1Oc1ccccc1I. The Morgan fingerprint density at radius 3 is 2.33 bits per heavy atom. The molecule has 2 aromatic carbocycles. The van der Waals surface area contributed by atoms with E-state index in [0.29, 0.717) is 15.4 Å². The van der Waals surface area contributed by atoms with Crippen molar-refractivity contribution in [2.45, 2.75) is 6.18 Å². The van der Waals surface area contributed by atoms with E-state index in [-0.39, 0.29) is 5.75 Å². The highest BCUT2D eigenvalue weighted by molar-refractivity contribution is 14.1. The standard InChI is InChI=1S/C14H8F3IO3/c15-14(16,17)8-5-6-11(9(7-8)13(19)20)21-12-4-2-1-3-10(12)18/h1-7H,(H,19,20). The topological polar surface area (TPSA) is 46.5 Å². The van der Waals surface area contributed by atoms with Crippen molar-refractivity contribution in [2.75, 3.05) is 0 Å². The van der Waals surface area contributed by atoms with Crippen LogP contribution in [-0.2, 0) is 6.18 Å². The number of aromatic carboxylic acids is 1. The smallest absolute Gasteiger partial charge is 0.416 e. The first kappa shape index (κ1) is 15.6. The number of hydrogen-bond acceptors (Lipinski definition) is 2. The molecule has 0 amide bonds.